The Balaban J connectivity index is 0.998. The maximum atomic E-state index is 13.9. The van der Waals surface area contributed by atoms with E-state index in [9.17, 15) is 33.6 Å². The molecule has 360 valence electrons. The van der Waals surface area contributed by atoms with Crippen molar-refractivity contribution in [1.29, 1.82) is 0 Å². The van der Waals surface area contributed by atoms with Crippen molar-refractivity contribution in [3.05, 3.63) is 54.1 Å². The monoisotopic (exact) mass is 917 g/mol. The molecule has 0 unspecified atom stereocenters. The van der Waals surface area contributed by atoms with E-state index in [1.54, 1.807) is 29.2 Å². The zero-order valence-electron chi connectivity index (χ0n) is 38.2. The average Bonchev–Trinajstić information content (AvgIpc) is 3.42. The molecule has 2 fully saturated rings. The Morgan fingerprint density at radius 1 is 0.788 bits per heavy atom. The maximum absolute atomic E-state index is 13.9. The molecule has 66 heavy (non-hydrogen) atoms. The van der Waals surface area contributed by atoms with Gasteiger partial charge in [0.1, 0.15) is 12.1 Å². The molecule has 21 nitrogen and oxygen atoms in total. The molecule has 21 heteroatoms. The SMILES string of the molecule is CC(=O)N[C@H](CCCN)C(=O)NC(=O)[C@H](C)NC(=O)[C@H](CCCN=C(N)N)NCCN1CCN(CCC(=O)NC2CCN(CC(=O)N3c4ccccc4NC(=O)c4ccccc43)CC2)CC1. The lowest BCUT2D eigenvalue weighted by Gasteiger charge is -2.35. The van der Waals surface area contributed by atoms with Gasteiger partial charge in [0, 0.05) is 84.8 Å². The number of rotatable bonds is 22. The van der Waals surface area contributed by atoms with E-state index in [0.29, 0.717) is 94.1 Å². The zero-order valence-corrected chi connectivity index (χ0v) is 38.2. The van der Waals surface area contributed by atoms with Crippen LogP contribution >= 0.6 is 0 Å². The van der Waals surface area contributed by atoms with Gasteiger partial charge in [0.05, 0.1) is 35.2 Å². The van der Waals surface area contributed by atoms with Gasteiger partial charge in [-0.05, 0) is 76.3 Å². The van der Waals surface area contributed by atoms with Gasteiger partial charge < -0.3 is 48.7 Å². The van der Waals surface area contributed by atoms with Crippen molar-refractivity contribution < 1.29 is 33.6 Å². The molecule has 2 aromatic rings. The van der Waals surface area contributed by atoms with Gasteiger partial charge in [-0.3, -0.25) is 58.6 Å². The number of guanidine groups is 1. The smallest absolute Gasteiger partial charge is 0.257 e. The second-order valence-corrected chi connectivity index (χ2v) is 17.0. The number of para-hydroxylation sites is 3. The first-order valence-electron chi connectivity index (χ1n) is 22.9. The molecule has 0 aliphatic carbocycles. The standard InChI is InChI=1S/C45H68N14O7/c1-30(41(63)55-44(66)36(11-7-18-46)52-31(2)60)51-43(65)35(12-8-19-50-45(47)48)49-20-24-57-27-25-56(26-28-57)23-17-39(61)53-32-15-21-58(22-16-32)29-40(62)59-37-13-5-3-9-33(37)42(64)54-34-10-4-6-14-38(34)59/h3-6,9-10,13-14,30,32,35-36,49H,7-8,11-12,15-29,46H2,1-2H3,(H,51,65)(H,52,60)(H,53,61)(H,54,64)(H4,47,48,50)(H,55,63,66)/t30-,35-,36+/m0/s1. The fourth-order valence-corrected chi connectivity index (χ4v) is 8.28. The Kier molecular flexibility index (Phi) is 19.8. The molecular formula is C45H68N14O7. The van der Waals surface area contributed by atoms with E-state index in [0.717, 1.165) is 39.0 Å². The number of nitrogens with one attached hydrogen (secondary N) is 6. The molecule has 3 aliphatic rings. The van der Waals surface area contributed by atoms with E-state index < -0.39 is 41.8 Å². The fraction of sp³-hybridized carbons (Fsp3) is 0.556. The van der Waals surface area contributed by atoms with Gasteiger partial charge in [0.2, 0.25) is 35.4 Å². The fourth-order valence-electron chi connectivity index (χ4n) is 8.28. The zero-order chi connectivity index (χ0) is 47.6. The molecule has 0 spiro atoms. The van der Waals surface area contributed by atoms with Crippen LogP contribution in [0.5, 0.6) is 0 Å². The highest BCUT2D eigenvalue weighted by Crippen LogP contribution is 2.38. The van der Waals surface area contributed by atoms with Crippen LogP contribution in [0.3, 0.4) is 0 Å². The number of imide groups is 1. The van der Waals surface area contributed by atoms with Crippen LogP contribution < -0.4 is 54.0 Å². The Morgan fingerprint density at radius 2 is 1.44 bits per heavy atom. The summed E-state index contributed by atoms with van der Waals surface area (Å²) >= 11 is 0. The van der Waals surface area contributed by atoms with Crippen molar-refractivity contribution in [2.24, 2.45) is 22.2 Å². The van der Waals surface area contributed by atoms with Crippen molar-refractivity contribution in [3.8, 4) is 0 Å². The lowest BCUT2D eigenvalue weighted by atomic mass is 10.0. The molecular weight excluding hydrogens is 849 g/mol. The van der Waals surface area contributed by atoms with Crippen LogP contribution in [-0.4, -0.2) is 165 Å². The topological polar surface area (TPSA) is 295 Å². The Labute approximate surface area is 386 Å². The number of hydrogen-bond donors (Lipinski definition) is 9. The van der Waals surface area contributed by atoms with Gasteiger partial charge >= 0.3 is 0 Å². The first-order valence-corrected chi connectivity index (χ1v) is 22.9. The summed E-state index contributed by atoms with van der Waals surface area (Å²) in [5.74, 6) is -2.66. The van der Waals surface area contributed by atoms with Crippen molar-refractivity contribution in [2.75, 3.05) is 88.8 Å². The Hall–Kier alpha value is -6.00. The average molecular weight is 917 g/mol. The van der Waals surface area contributed by atoms with Gasteiger partial charge in [-0.2, -0.15) is 0 Å². The van der Waals surface area contributed by atoms with E-state index >= 15 is 0 Å². The highest BCUT2D eigenvalue weighted by molar-refractivity contribution is 6.18. The first-order chi connectivity index (χ1) is 31.7. The number of nitrogens with zero attached hydrogens (tertiary/aromatic N) is 5. The minimum atomic E-state index is -1.04. The third-order valence-electron chi connectivity index (χ3n) is 11.9. The van der Waals surface area contributed by atoms with Crippen LogP contribution in [0, 0.1) is 0 Å². The van der Waals surface area contributed by atoms with Crippen molar-refractivity contribution in [1.82, 2.24) is 41.3 Å². The summed E-state index contributed by atoms with van der Waals surface area (Å²) in [6.07, 6.45) is 3.45. The maximum Gasteiger partial charge on any atom is 0.257 e. The van der Waals surface area contributed by atoms with Crippen LogP contribution in [-0.2, 0) is 28.8 Å². The van der Waals surface area contributed by atoms with Crippen LogP contribution in [0.4, 0.5) is 17.1 Å². The molecule has 0 radical (unpaired) electrons. The van der Waals surface area contributed by atoms with Crippen molar-refractivity contribution in [3.63, 3.8) is 0 Å². The number of likely N-dealkylation sites (tertiary alicyclic amines) is 1. The Bertz CT molecular complexity index is 2030. The quantitative estimate of drug-likeness (QED) is 0.0386. The van der Waals surface area contributed by atoms with E-state index in [2.05, 4.69) is 51.6 Å². The van der Waals surface area contributed by atoms with Crippen molar-refractivity contribution >= 4 is 64.4 Å². The minimum Gasteiger partial charge on any atom is -0.370 e. The number of piperidine rings is 1. The molecule has 12 N–H and O–H groups in total. The molecule has 5 rings (SSSR count). The summed E-state index contributed by atoms with van der Waals surface area (Å²) in [7, 11) is 0. The van der Waals surface area contributed by atoms with Gasteiger partial charge in [0.25, 0.3) is 5.91 Å². The summed E-state index contributed by atoms with van der Waals surface area (Å²) in [5.41, 5.74) is 18.7. The summed E-state index contributed by atoms with van der Waals surface area (Å²) in [6.45, 7) is 9.84. The highest BCUT2D eigenvalue weighted by atomic mass is 16.2. The van der Waals surface area contributed by atoms with Gasteiger partial charge in [-0.15, -0.1) is 0 Å². The number of amides is 7. The number of carbonyl (C=O) groups excluding carboxylic acids is 7. The highest BCUT2D eigenvalue weighted by Gasteiger charge is 2.32. The minimum absolute atomic E-state index is 0.00496. The summed E-state index contributed by atoms with van der Waals surface area (Å²) in [5, 5.41) is 16.9. The van der Waals surface area contributed by atoms with E-state index in [1.165, 1.54) is 13.8 Å². The van der Waals surface area contributed by atoms with E-state index in [1.807, 2.05) is 24.3 Å². The predicted molar refractivity (Wildman–Crippen MR) is 251 cm³/mol. The molecule has 0 saturated carbocycles. The number of fused-ring (bicyclic) bond motifs is 2. The third kappa shape index (κ3) is 15.6. The van der Waals surface area contributed by atoms with Crippen LogP contribution in [0.2, 0.25) is 0 Å². The number of aliphatic imine (C=N–C) groups is 1. The molecule has 2 saturated heterocycles. The lowest BCUT2D eigenvalue weighted by Crippen LogP contribution is -2.55. The molecule has 3 atom stereocenters. The molecule has 0 aromatic heterocycles. The third-order valence-corrected chi connectivity index (χ3v) is 11.9. The first kappa shape index (κ1) is 51.0. The summed E-state index contributed by atoms with van der Waals surface area (Å²) in [6, 6.07) is 11.8. The number of anilines is 3. The number of benzene rings is 2. The number of nitrogens with two attached hydrogens (primary N) is 3. The summed E-state index contributed by atoms with van der Waals surface area (Å²) < 4.78 is 0. The second kappa shape index (κ2) is 25.6. The van der Waals surface area contributed by atoms with Crippen molar-refractivity contribution in [2.45, 2.75) is 83.0 Å². The number of hydrogen-bond acceptors (Lipinski definition) is 13. The van der Waals surface area contributed by atoms with Gasteiger partial charge in [-0.25, -0.2) is 0 Å². The number of piperazine rings is 1. The Morgan fingerprint density at radius 3 is 2.12 bits per heavy atom. The molecule has 0 bridgehead atoms. The van der Waals surface area contributed by atoms with Crippen LogP contribution in [0.25, 0.3) is 0 Å². The second-order valence-electron chi connectivity index (χ2n) is 17.0. The molecule has 2 aromatic carbocycles. The van der Waals surface area contributed by atoms with E-state index in [4.69, 9.17) is 17.2 Å². The normalized spacial score (nSPS) is 17.1. The molecule has 3 heterocycles. The van der Waals surface area contributed by atoms with Gasteiger partial charge in [0.15, 0.2) is 5.96 Å². The molecule has 3 aliphatic heterocycles. The van der Waals surface area contributed by atoms with Crippen LogP contribution in [0.15, 0.2) is 53.5 Å². The van der Waals surface area contributed by atoms with Gasteiger partial charge in [-0.1, -0.05) is 24.3 Å². The van der Waals surface area contributed by atoms with Crippen LogP contribution in [0.1, 0.15) is 69.2 Å². The lowest BCUT2D eigenvalue weighted by molar-refractivity contribution is -0.136. The molecule has 7 amide bonds. The van der Waals surface area contributed by atoms with E-state index in [-0.39, 0.29) is 42.7 Å². The largest absolute Gasteiger partial charge is 0.370 e. The summed E-state index contributed by atoms with van der Waals surface area (Å²) in [4.78, 5) is 103. The predicted octanol–water partition coefficient (Wildman–Crippen LogP) is -1.09. The number of carbonyl (C=O) groups is 7.